The molecule has 0 saturated heterocycles. The quantitative estimate of drug-likeness (QED) is 0.736. The Morgan fingerprint density at radius 2 is 1.88 bits per heavy atom. The van der Waals surface area contributed by atoms with Gasteiger partial charge in [-0.1, -0.05) is 30.3 Å². The highest BCUT2D eigenvalue weighted by Crippen LogP contribution is 2.49. The first-order valence-electron chi connectivity index (χ1n) is 11.2. The molecule has 172 valence electrons. The molecular formula is C25H24F3N3O2. The van der Waals surface area contributed by atoms with E-state index in [-0.39, 0.29) is 17.6 Å². The fraction of sp³-hybridized carbons (Fsp3) is 0.400. The third kappa shape index (κ3) is 3.81. The summed E-state index contributed by atoms with van der Waals surface area (Å²) in [5.41, 5.74) is 4.56. The zero-order chi connectivity index (χ0) is 23.3. The molecule has 3 aliphatic rings. The molecule has 2 aromatic rings. The molecular weight excluding hydrogens is 431 g/mol. The lowest BCUT2D eigenvalue weighted by molar-refractivity contribution is -0.190. The Balaban J connectivity index is 1.53. The average molecular weight is 455 g/mol. The number of alkyl halides is 3. The Morgan fingerprint density at radius 3 is 2.52 bits per heavy atom. The third-order valence-corrected chi connectivity index (χ3v) is 6.95. The molecule has 1 aromatic heterocycles. The maximum absolute atomic E-state index is 13.6. The van der Waals surface area contributed by atoms with Crippen molar-refractivity contribution < 1.29 is 22.8 Å². The summed E-state index contributed by atoms with van der Waals surface area (Å²) < 4.78 is 40.7. The molecule has 5 nitrogen and oxygen atoms in total. The maximum atomic E-state index is 13.6. The first kappa shape index (κ1) is 21.7. The Bertz CT molecular complexity index is 1140. The van der Waals surface area contributed by atoms with Gasteiger partial charge in [-0.3, -0.25) is 14.6 Å². The second kappa shape index (κ2) is 8.01. The molecule has 5 rings (SSSR count). The molecule has 1 saturated carbocycles. The van der Waals surface area contributed by atoms with Crippen molar-refractivity contribution in [1.29, 1.82) is 0 Å². The summed E-state index contributed by atoms with van der Waals surface area (Å²) in [6.45, 7) is 1.65. The van der Waals surface area contributed by atoms with Crippen molar-refractivity contribution in [2.24, 2.45) is 0 Å². The smallest absolute Gasteiger partial charge is 0.348 e. The average Bonchev–Trinajstić information content (AvgIpc) is 3.12. The van der Waals surface area contributed by atoms with Gasteiger partial charge < -0.3 is 10.2 Å². The van der Waals surface area contributed by atoms with Crippen LogP contribution in [0.5, 0.6) is 0 Å². The summed E-state index contributed by atoms with van der Waals surface area (Å²) in [5, 5.41) is 2.91. The summed E-state index contributed by atoms with van der Waals surface area (Å²) >= 11 is 0. The fourth-order valence-electron chi connectivity index (χ4n) is 5.11. The number of carbonyl (C=O) groups excluding carboxylic acids is 2. The van der Waals surface area contributed by atoms with Gasteiger partial charge in [-0.2, -0.15) is 13.2 Å². The van der Waals surface area contributed by atoms with Crippen LogP contribution in [0.25, 0.3) is 5.57 Å². The molecule has 1 fully saturated rings. The van der Waals surface area contributed by atoms with Crippen LogP contribution in [0.4, 0.5) is 13.2 Å². The van der Waals surface area contributed by atoms with E-state index in [1.165, 1.54) is 12.3 Å². The summed E-state index contributed by atoms with van der Waals surface area (Å²) in [6, 6.07) is 9.55. The van der Waals surface area contributed by atoms with Crippen molar-refractivity contribution in [2.45, 2.75) is 63.3 Å². The van der Waals surface area contributed by atoms with Gasteiger partial charge in [0.15, 0.2) is 0 Å². The van der Waals surface area contributed by atoms with Crippen molar-refractivity contribution in [2.75, 3.05) is 0 Å². The molecule has 2 amide bonds. The van der Waals surface area contributed by atoms with E-state index in [0.717, 1.165) is 46.4 Å². The van der Waals surface area contributed by atoms with Gasteiger partial charge in [-0.05, 0) is 72.9 Å². The minimum absolute atomic E-state index is 0.155. The van der Waals surface area contributed by atoms with Crippen LogP contribution in [0.15, 0.2) is 48.2 Å². The molecule has 2 atom stereocenters. The van der Waals surface area contributed by atoms with Gasteiger partial charge in [-0.25, -0.2) is 0 Å². The zero-order valence-corrected chi connectivity index (χ0v) is 18.2. The van der Waals surface area contributed by atoms with Gasteiger partial charge >= 0.3 is 12.1 Å². The van der Waals surface area contributed by atoms with E-state index in [1.54, 1.807) is 13.0 Å². The van der Waals surface area contributed by atoms with Crippen LogP contribution < -0.4 is 5.32 Å². The highest BCUT2D eigenvalue weighted by molar-refractivity contribution is 5.92. The summed E-state index contributed by atoms with van der Waals surface area (Å²) in [5.74, 6) is -2.14. The van der Waals surface area contributed by atoms with E-state index in [9.17, 15) is 22.8 Å². The van der Waals surface area contributed by atoms with Crippen LogP contribution >= 0.6 is 0 Å². The Morgan fingerprint density at radius 1 is 1.12 bits per heavy atom. The highest BCUT2D eigenvalue weighted by atomic mass is 19.4. The van der Waals surface area contributed by atoms with Crippen molar-refractivity contribution in [3.05, 3.63) is 70.6 Å². The summed E-state index contributed by atoms with van der Waals surface area (Å²) in [7, 11) is 0. The highest BCUT2D eigenvalue weighted by Gasteiger charge is 2.50. The van der Waals surface area contributed by atoms with E-state index >= 15 is 0 Å². The topological polar surface area (TPSA) is 62.3 Å². The fourth-order valence-corrected chi connectivity index (χ4v) is 5.11. The van der Waals surface area contributed by atoms with Crippen molar-refractivity contribution in [1.82, 2.24) is 15.2 Å². The molecule has 0 radical (unpaired) electrons. The molecule has 8 heteroatoms. The van der Waals surface area contributed by atoms with Crippen molar-refractivity contribution in [3.63, 3.8) is 0 Å². The maximum Gasteiger partial charge on any atom is 0.471 e. The molecule has 0 bridgehead atoms. The number of halogens is 3. The number of nitrogens with zero attached hydrogens (tertiary/aromatic N) is 2. The largest absolute Gasteiger partial charge is 0.471 e. The van der Waals surface area contributed by atoms with E-state index in [1.807, 2.05) is 24.3 Å². The van der Waals surface area contributed by atoms with Crippen LogP contribution in [-0.4, -0.2) is 40.0 Å². The van der Waals surface area contributed by atoms with Crippen molar-refractivity contribution in [3.8, 4) is 0 Å². The van der Waals surface area contributed by atoms with Gasteiger partial charge in [0.2, 0.25) is 0 Å². The Hall–Kier alpha value is -3.16. The van der Waals surface area contributed by atoms with Gasteiger partial charge in [0.25, 0.3) is 5.91 Å². The minimum atomic E-state index is -4.98. The number of fused-ring (bicyclic) bond motifs is 2. The molecule has 2 heterocycles. The lowest BCUT2D eigenvalue weighted by Gasteiger charge is -2.42. The van der Waals surface area contributed by atoms with Crippen LogP contribution in [0.2, 0.25) is 0 Å². The van der Waals surface area contributed by atoms with Gasteiger partial charge in [0.1, 0.15) is 5.69 Å². The number of carbonyl (C=O) groups is 2. The number of nitrogens with one attached hydrogen (secondary N) is 1. The monoisotopic (exact) mass is 455 g/mol. The van der Waals surface area contributed by atoms with E-state index < -0.39 is 24.2 Å². The predicted octanol–water partition coefficient (Wildman–Crippen LogP) is 4.60. The standard InChI is InChI=1S/C25H24F3N3O2/c1-14-11-19-18-8-3-2-5-15(18)12-20(19)22(31(14)24(33)25(26,27)28)16-9-10-21(29-13-16)23(32)30-17-6-4-7-17/h2-3,5,8-10,13-14,17,22H,4,6-7,11-12H2,1H3,(H,30,32)/t14-,22-/m0/s1. The molecule has 0 unspecified atom stereocenters. The van der Waals surface area contributed by atoms with Crippen LogP contribution in [-0.2, 0) is 11.2 Å². The van der Waals surface area contributed by atoms with Gasteiger partial charge in [-0.15, -0.1) is 0 Å². The van der Waals surface area contributed by atoms with Gasteiger partial charge in [0, 0.05) is 18.3 Å². The first-order valence-corrected chi connectivity index (χ1v) is 11.2. The second-order valence-corrected chi connectivity index (χ2v) is 9.08. The lowest BCUT2D eigenvalue weighted by Crippen LogP contribution is -2.50. The van der Waals surface area contributed by atoms with Crippen molar-refractivity contribution >= 4 is 17.4 Å². The first-order chi connectivity index (χ1) is 15.7. The second-order valence-electron chi connectivity index (χ2n) is 9.08. The number of amides is 2. The van der Waals surface area contributed by atoms with E-state index in [0.29, 0.717) is 18.4 Å². The van der Waals surface area contributed by atoms with E-state index in [2.05, 4.69) is 10.3 Å². The number of aromatic nitrogens is 1. The summed E-state index contributed by atoms with van der Waals surface area (Å²) in [6.07, 6.45) is 0.259. The molecule has 2 aliphatic carbocycles. The number of pyridine rings is 1. The number of benzene rings is 1. The number of hydrogen-bond donors (Lipinski definition) is 1. The Labute approximate surface area is 189 Å². The molecule has 0 spiro atoms. The summed E-state index contributed by atoms with van der Waals surface area (Å²) in [4.78, 5) is 30.1. The Kier molecular flexibility index (Phi) is 5.26. The predicted molar refractivity (Wildman–Crippen MR) is 116 cm³/mol. The SMILES string of the molecule is C[C@H]1CC2=C(Cc3ccccc32)[C@H](c2ccc(C(=O)NC3CCC3)nc2)N1C(=O)C(F)(F)F. The normalized spacial score (nSPS) is 22.5. The van der Waals surface area contributed by atoms with E-state index in [4.69, 9.17) is 0 Å². The molecule has 33 heavy (non-hydrogen) atoms. The van der Waals surface area contributed by atoms with Crippen LogP contribution in [0.1, 0.15) is 65.8 Å². The van der Waals surface area contributed by atoms with Crippen LogP contribution in [0, 0.1) is 0 Å². The van der Waals surface area contributed by atoms with Crippen LogP contribution in [0.3, 0.4) is 0 Å². The molecule has 1 aromatic carbocycles. The lowest BCUT2D eigenvalue weighted by atomic mass is 9.85. The zero-order valence-electron chi connectivity index (χ0n) is 18.2. The molecule has 1 N–H and O–H groups in total. The minimum Gasteiger partial charge on any atom is -0.348 e. The number of rotatable bonds is 3. The third-order valence-electron chi connectivity index (χ3n) is 6.95. The van der Waals surface area contributed by atoms with Gasteiger partial charge in [0.05, 0.1) is 6.04 Å². The number of hydrogen-bond acceptors (Lipinski definition) is 3. The molecule has 1 aliphatic heterocycles.